The van der Waals surface area contributed by atoms with Gasteiger partial charge in [0.05, 0.1) is 19.3 Å². The molecule has 0 bridgehead atoms. The van der Waals surface area contributed by atoms with Gasteiger partial charge in [-0.1, -0.05) is 11.6 Å². The fourth-order valence-electron chi connectivity index (χ4n) is 2.92. The van der Waals surface area contributed by atoms with Gasteiger partial charge in [-0.05, 0) is 31.5 Å². The van der Waals surface area contributed by atoms with Crippen LogP contribution in [0.2, 0.25) is 5.15 Å². The van der Waals surface area contributed by atoms with Gasteiger partial charge in [-0.2, -0.15) is 4.98 Å². The molecule has 2 aliphatic heterocycles. The summed E-state index contributed by atoms with van der Waals surface area (Å²) in [5.74, 6) is 0. The van der Waals surface area contributed by atoms with Crippen molar-refractivity contribution in [2.75, 3.05) is 31.6 Å². The summed E-state index contributed by atoms with van der Waals surface area (Å²) in [6, 6.07) is 4.96. The molecule has 2 saturated heterocycles. The fraction of sp³-hybridized carbons (Fsp3) is 0.571. The Morgan fingerprint density at radius 2 is 2.19 bits per heavy atom. The van der Waals surface area contributed by atoms with Gasteiger partial charge < -0.3 is 14.5 Å². The van der Waals surface area contributed by atoms with Gasteiger partial charge in [-0.15, -0.1) is 0 Å². The summed E-state index contributed by atoms with van der Waals surface area (Å²) in [4.78, 5) is 11.0. The van der Waals surface area contributed by atoms with Crippen LogP contribution < -0.4 is 5.32 Å². The van der Waals surface area contributed by atoms with Crippen molar-refractivity contribution in [1.29, 1.82) is 0 Å². The summed E-state index contributed by atoms with van der Waals surface area (Å²) in [6.07, 6.45) is 2.30. The summed E-state index contributed by atoms with van der Waals surface area (Å²) >= 11 is 5.86. The number of fused-ring (bicyclic) bond motifs is 1. The van der Waals surface area contributed by atoms with Crippen molar-refractivity contribution < 1.29 is 9.15 Å². The van der Waals surface area contributed by atoms with Crippen molar-refractivity contribution in [3.8, 4) is 0 Å². The minimum Gasteiger partial charge on any atom is -0.422 e. The van der Waals surface area contributed by atoms with E-state index < -0.39 is 0 Å². The lowest BCUT2D eigenvalue weighted by atomic mass is 10.0. The van der Waals surface area contributed by atoms with Gasteiger partial charge in [-0.25, -0.2) is 4.98 Å². The molecule has 2 aliphatic rings. The zero-order valence-corrected chi connectivity index (χ0v) is 12.3. The number of pyridine rings is 1. The van der Waals surface area contributed by atoms with E-state index >= 15 is 0 Å². The van der Waals surface area contributed by atoms with Crippen LogP contribution in [0, 0.1) is 0 Å². The summed E-state index contributed by atoms with van der Waals surface area (Å²) in [5.41, 5.74) is 1.20. The van der Waals surface area contributed by atoms with E-state index in [0.29, 0.717) is 34.5 Å². The molecule has 7 heteroatoms. The number of nitrogens with one attached hydrogen (secondary N) is 1. The molecule has 2 aromatic heterocycles. The van der Waals surface area contributed by atoms with Gasteiger partial charge >= 0.3 is 0 Å². The molecule has 4 rings (SSSR count). The van der Waals surface area contributed by atoms with Crippen LogP contribution in [-0.4, -0.2) is 53.3 Å². The molecule has 0 aliphatic carbocycles. The lowest BCUT2D eigenvalue weighted by Crippen LogP contribution is -2.54. The molecule has 1 N–H and O–H groups in total. The topological polar surface area (TPSA) is 63.4 Å². The predicted octanol–water partition coefficient (Wildman–Crippen LogP) is 2.15. The van der Waals surface area contributed by atoms with Crippen LogP contribution in [0.15, 0.2) is 16.5 Å². The molecule has 2 aromatic rings. The van der Waals surface area contributed by atoms with Crippen LogP contribution in [0.25, 0.3) is 11.2 Å². The molecule has 1 atom stereocenters. The molecular formula is C14H17ClN4O2. The second-order valence-corrected chi connectivity index (χ2v) is 6.03. The van der Waals surface area contributed by atoms with E-state index in [1.165, 1.54) is 6.42 Å². The van der Waals surface area contributed by atoms with E-state index in [4.69, 9.17) is 20.8 Å². The number of anilines is 1. The maximum absolute atomic E-state index is 5.86. The molecular weight excluding hydrogens is 292 g/mol. The highest BCUT2D eigenvalue weighted by Crippen LogP contribution is 2.23. The summed E-state index contributed by atoms with van der Waals surface area (Å²) in [5, 5.41) is 3.81. The Labute approximate surface area is 127 Å². The number of likely N-dealkylation sites (tertiary alicyclic amines) is 1. The largest absolute Gasteiger partial charge is 0.422 e. The zero-order valence-electron chi connectivity index (χ0n) is 11.6. The number of ether oxygens (including phenoxy) is 1. The number of oxazole rings is 1. The number of halogens is 1. The van der Waals surface area contributed by atoms with Crippen LogP contribution in [0.3, 0.4) is 0 Å². The average Bonchev–Trinajstić information content (AvgIpc) is 2.78. The molecule has 112 valence electrons. The lowest BCUT2D eigenvalue weighted by Gasteiger charge is -2.42. The summed E-state index contributed by atoms with van der Waals surface area (Å²) in [7, 11) is 0. The maximum atomic E-state index is 5.86. The summed E-state index contributed by atoms with van der Waals surface area (Å²) in [6.45, 7) is 3.87. The number of aromatic nitrogens is 2. The van der Waals surface area contributed by atoms with E-state index in [-0.39, 0.29) is 0 Å². The molecule has 6 nitrogen and oxygen atoms in total. The average molecular weight is 309 g/mol. The summed E-state index contributed by atoms with van der Waals surface area (Å²) < 4.78 is 11.0. The standard InChI is InChI=1S/C14H17ClN4O2/c15-12-4-3-11-13(17-12)18-14(21-11)16-9-2-1-5-19(6-9)10-7-20-8-10/h3-4,9-10H,1-2,5-8H2,(H,16,17,18). The monoisotopic (exact) mass is 308 g/mol. The van der Waals surface area contributed by atoms with Crippen LogP contribution >= 0.6 is 11.6 Å². The van der Waals surface area contributed by atoms with Crippen molar-refractivity contribution in [3.63, 3.8) is 0 Å². The van der Waals surface area contributed by atoms with Gasteiger partial charge in [0.1, 0.15) is 5.15 Å². The van der Waals surface area contributed by atoms with E-state index in [1.54, 1.807) is 12.1 Å². The first-order valence-electron chi connectivity index (χ1n) is 7.29. The Bertz CT molecular complexity index is 643. The Kier molecular flexibility index (Phi) is 3.45. The highest BCUT2D eigenvalue weighted by Gasteiger charge is 2.30. The molecule has 0 aromatic carbocycles. The van der Waals surface area contributed by atoms with Gasteiger partial charge in [0.2, 0.25) is 5.65 Å². The molecule has 0 saturated carbocycles. The first-order chi connectivity index (χ1) is 10.3. The van der Waals surface area contributed by atoms with Crippen molar-refractivity contribution in [2.24, 2.45) is 0 Å². The highest BCUT2D eigenvalue weighted by molar-refractivity contribution is 6.29. The van der Waals surface area contributed by atoms with E-state index in [2.05, 4.69) is 20.2 Å². The van der Waals surface area contributed by atoms with Crippen molar-refractivity contribution >= 4 is 28.8 Å². The third kappa shape index (κ3) is 2.71. The van der Waals surface area contributed by atoms with Crippen LogP contribution in [0.5, 0.6) is 0 Å². The minimum absolute atomic E-state index is 0.350. The Hall–Kier alpha value is -1.37. The fourth-order valence-corrected chi connectivity index (χ4v) is 3.06. The molecule has 0 amide bonds. The van der Waals surface area contributed by atoms with E-state index in [9.17, 15) is 0 Å². The minimum atomic E-state index is 0.350. The molecule has 1 unspecified atom stereocenters. The van der Waals surface area contributed by atoms with Gasteiger partial charge in [0.15, 0.2) is 5.58 Å². The molecule has 2 fully saturated rings. The SMILES string of the molecule is Clc1ccc2oc(NC3CCCN(C4COC4)C3)nc2n1. The highest BCUT2D eigenvalue weighted by atomic mass is 35.5. The Morgan fingerprint density at radius 1 is 1.29 bits per heavy atom. The second-order valence-electron chi connectivity index (χ2n) is 5.64. The van der Waals surface area contributed by atoms with Gasteiger partial charge in [0, 0.05) is 12.6 Å². The Morgan fingerprint density at radius 3 is 3.00 bits per heavy atom. The number of nitrogens with zero attached hydrogens (tertiary/aromatic N) is 3. The third-order valence-electron chi connectivity index (χ3n) is 4.14. The number of hydrogen-bond donors (Lipinski definition) is 1. The second kappa shape index (κ2) is 5.44. The predicted molar refractivity (Wildman–Crippen MR) is 79.6 cm³/mol. The van der Waals surface area contributed by atoms with Crippen molar-refractivity contribution in [1.82, 2.24) is 14.9 Å². The van der Waals surface area contributed by atoms with Crippen molar-refractivity contribution in [2.45, 2.75) is 24.9 Å². The quantitative estimate of drug-likeness (QED) is 0.877. The first-order valence-corrected chi connectivity index (χ1v) is 7.67. The number of piperidine rings is 1. The smallest absolute Gasteiger partial charge is 0.297 e. The van der Waals surface area contributed by atoms with E-state index in [1.807, 2.05) is 0 Å². The lowest BCUT2D eigenvalue weighted by molar-refractivity contribution is -0.0710. The Balaban J connectivity index is 1.46. The molecule has 0 spiro atoms. The molecule has 21 heavy (non-hydrogen) atoms. The van der Waals surface area contributed by atoms with Gasteiger partial charge in [0.25, 0.3) is 6.01 Å². The van der Waals surface area contributed by atoms with Gasteiger partial charge in [-0.3, -0.25) is 4.90 Å². The maximum Gasteiger partial charge on any atom is 0.297 e. The molecule has 4 heterocycles. The molecule has 0 radical (unpaired) electrons. The number of hydrogen-bond acceptors (Lipinski definition) is 6. The van der Waals surface area contributed by atoms with Crippen LogP contribution in [0.4, 0.5) is 6.01 Å². The van der Waals surface area contributed by atoms with Crippen LogP contribution in [0.1, 0.15) is 12.8 Å². The zero-order chi connectivity index (χ0) is 14.2. The third-order valence-corrected chi connectivity index (χ3v) is 4.35. The van der Waals surface area contributed by atoms with Crippen molar-refractivity contribution in [3.05, 3.63) is 17.3 Å². The number of rotatable bonds is 3. The van der Waals surface area contributed by atoms with E-state index in [0.717, 1.165) is 32.7 Å². The first kappa shape index (κ1) is 13.3. The normalized spacial score (nSPS) is 24.1. The van der Waals surface area contributed by atoms with Crippen LogP contribution in [-0.2, 0) is 4.74 Å².